The first-order valence-corrected chi connectivity index (χ1v) is 12.2. The Labute approximate surface area is 205 Å². The molecule has 0 aromatic heterocycles. The molecule has 0 unspecified atom stereocenters. The summed E-state index contributed by atoms with van der Waals surface area (Å²) in [6.07, 6.45) is 0. The summed E-state index contributed by atoms with van der Waals surface area (Å²) in [4.78, 5) is 32.5. The van der Waals surface area contributed by atoms with Gasteiger partial charge in [-0.25, -0.2) is 9.59 Å². The minimum Gasteiger partial charge on any atom is -0.463 e. The molecule has 2 heterocycles. The van der Waals surface area contributed by atoms with Crippen LogP contribution in [0.5, 0.6) is 0 Å². The summed E-state index contributed by atoms with van der Waals surface area (Å²) in [6.45, 7) is 8.24. The van der Waals surface area contributed by atoms with E-state index in [-0.39, 0.29) is 18.6 Å². The van der Waals surface area contributed by atoms with Gasteiger partial charge in [-0.3, -0.25) is 9.80 Å². The van der Waals surface area contributed by atoms with E-state index >= 15 is 0 Å². The zero-order valence-electron chi connectivity index (χ0n) is 19.7. The molecule has 2 aromatic carbocycles. The Bertz CT molecular complexity index is 1050. The van der Waals surface area contributed by atoms with Crippen LogP contribution in [0.2, 0.25) is 5.02 Å². The fraction of sp³-hybridized carbons (Fsp3) is 0.385. The minimum absolute atomic E-state index is 0.197. The molecule has 1 fully saturated rings. The number of amides is 2. The number of hydrogen-bond donors (Lipinski definition) is 1. The van der Waals surface area contributed by atoms with Gasteiger partial charge in [-0.15, -0.1) is 0 Å². The van der Waals surface area contributed by atoms with Gasteiger partial charge in [0.2, 0.25) is 0 Å². The van der Waals surface area contributed by atoms with Crippen LogP contribution in [-0.2, 0) is 9.53 Å². The third-order valence-electron chi connectivity index (χ3n) is 6.30. The van der Waals surface area contributed by atoms with Crippen LogP contribution in [0.1, 0.15) is 25.5 Å². The number of carbonyl (C=O) groups excluding carboxylic acids is 2. The minimum atomic E-state index is -0.543. The van der Waals surface area contributed by atoms with Crippen molar-refractivity contribution >= 4 is 29.3 Å². The summed E-state index contributed by atoms with van der Waals surface area (Å²) < 4.78 is 5.45. The fourth-order valence-electron chi connectivity index (χ4n) is 4.60. The van der Waals surface area contributed by atoms with E-state index in [2.05, 4.69) is 21.2 Å². The van der Waals surface area contributed by atoms with Crippen LogP contribution in [0.25, 0.3) is 0 Å². The number of anilines is 1. The summed E-state index contributed by atoms with van der Waals surface area (Å²) in [7, 11) is 0. The maximum Gasteiger partial charge on any atom is 0.338 e. The molecule has 0 spiro atoms. The van der Waals surface area contributed by atoms with Gasteiger partial charge in [0.25, 0.3) is 0 Å². The van der Waals surface area contributed by atoms with E-state index in [1.54, 1.807) is 11.8 Å². The summed E-state index contributed by atoms with van der Waals surface area (Å²) in [6, 6.07) is 16.7. The molecule has 0 aliphatic carbocycles. The number of rotatable bonds is 7. The summed E-state index contributed by atoms with van der Waals surface area (Å²) in [5.41, 5.74) is 3.19. The van der Waals surface area contributed by atoms with E-state index in [9.17, 15) is 9.59 Å². The maximum atomic E-state index is 13.2. The molecule has 2 aliphatic rings. The average molecular weight is 483 g/mol. The molecule has 1 saturated heterocycles. The number of benzene rings is 2. The van der Waals surface area contributed by atoms with Gasteiger partial charge >= 0.3 is 12.0 Å². The zero-order valence-corrected chi connectivity index (χ0v) is 20.4. The third kappa shape index (κ3) is 5.21. The van der Waals surface area contributed by atoms with Crippen LogP contribution < -0.4 is 10.2 Å². The number of nitrogens with zero attached hydrogens (tertiary/aromatic N) is 3. The second-order valence-electron chi connectivity index (χ2n) is 8.36. The van der Waals surface area contributed by atoms with Gasteiger partial charge in [-0.1, -0.05) is 48.0 Å². The number of piperazine rings is 1. The van der Waals surface area contributed by atoms with E-state index in [0.717, 1.165) is 48.1 Å². The smallest absolute Gasteiger partial charge is 0.338 e. The van der Waals surface area contributed by atoms with Crippen molar-refractivity contribution < 1.29 is 14.3 Å². The van der Waals surface area contributed by atoms with Crippen molar-refractivity contribution in [2.45, 2.75) is 19.9 Å². The molecule has 1 atom stereocenters. The van der Waals surface area contributed by atoms with Gasteiger partial charge in [-0.05, 0) is 37.6 Å². The van der Waals surface area contributed by atoms with E-state index in [1.807, 2.05) is 55.5 Å². The summed E-state index contributed by atoms with van der Waals surface area (Å²) >= 11 is 6.17. The fourth-order valence-corrected chi connectivity index (χ4v) is 4.79. The van der Waals surface area contributed by atoms with Crippen molar-refractivity contribution in [2.24, 2.45) is 0 Å². The molecule has 180 valence electrons. The number of urea groups is 1. The van der Waals surface area contributed by atoms with Gasteiger partial charge in [0.1, 0.15) is 0 Å². The largest absolute Gasteiger partial charge is 0.463 e. The van der Waals surface area contributed by atoms with Gasteiger partial charge < -0.3 is 15.0 Å². The molecule has 8 heteroatoms. The molecule has 2 aliphatic heterocycles. The molecule has 2 amide bonds. The highest BCUT2D eigenvalue weighted by Gasteiger charge is 2.38. The van der Waals surface area contributed by atoms with Crippen LogP contribution in [0.15, 0.2) is 65.9 Å². The second-order valence-corrected chi connectivity index (χ2v) is 8.80. The topological polar surface area (TPSA) is 65.1 Å². The average Bonchev–Trinajstić information content (AvgIpc) is 2.85. The molecule has 7 nitrogen and oxygen atoms in total. The van der Waals surface area contributed by atoms with Gasteiger partial charge in [0.05, 0.1) is 18.2 Å². The number of ether oxygens (including phenoxy) is 1. The van der Waals surface area contributed by atoms with Crippen molar-refractivity contribution in [3.8, 4) is 0 Å². The van der Waals surface area contributed by atoms with Gasteiger partial charge in [-0.2, -0.15) is 0 Å². The molecule has 34 heavy (non-hydrogen) atoms. The molecule has 0 bridgehead atoms. The van der Waals surface area contributed by atoms with Crippen LogP contribution in [0, 0.1) is 0 Å². The highest BCUT2D eigenvalue weighted by molar-refractivity contribution is 6.30. The van der Waals surface area contributed by atoms with Crippen LogP contribution in [0.4, 0.5) is 10.5 Å². The molecule has 1 N–H and O–H groups in total. The Morgan fingerprint density at radius 3 is 2.44 bits per heavy atom. The number of esters is 1. The predicted octanol–water partition coefficient (Wildman–Crippen LogP) is 4.07. The number of carbonyl (C=O) groups is 2. The van der Waals surface area contributed by atoms with Gasteiger partial charge in [0, 0.05) is 55.7 Å². The number of hydrogen-bond acceptors (Lipinski definition) is 5. The first-order chi connectivity index (χ1) is 16.5. The molecule has 4 rings (SSSR count). The summed E-state index contributed by atoms with van der Waals surface area (Å²) in [5.74, 6) is -0.387. The van der Waals surface area contributed by atoms with E-state index in [4.69, 9.17) is 16.3 Å². The molecular weight excluding hydrogens is 452 g/mol. The lowest BCUT2D eigenvalue weighted by Gasteiger charge is -2.41. The number of likely N-dealkylation sites (N-methyl/N-ethyl adjacent to an activating group) is 1. The Balaban J connectivity index is 1.61. The monoisotopic (exact) mass is 482 g/mol. The second kappa shape index (κ2) is 10.9. The zero-order chi connectivity index (χ0) is 24.1. The van der Waals surface area contributed by atoms with E-state index < -0.39 is 6.04 Å². The normalized spacial score (nSPS) is 19.3. The lowest BCUT2D eigenvalue weighted by Crippen LogP contribution is -2.53. The first-order valence-electron chi connectivity index (χ1n) is 11.8. The highest BCUT2D eigenvalue weighted by atomic mass is 35.5. The Morgan fingerprint density at radius 1 is 1.06 bits per heavy atom. The van der Waals surface area contributed by atoms with Crippen molar-refractivity contribution in [3.05, 3.63) is 76.5 Å². The molecule has 2 aromatic rings. The standard InChI is InChI=1S/C26H31ClN4O3/c1-3-31-22(18-29-13-15-30(16-14-29)21-12-8-11-20(27)17-21)23(25(32)34-4-2)24(28-26(31)33)19-9-6-5-7-10-19/h5-12,17,24H,3-4,13-16,18H2,1-2H3,(H,28,33)/t24-/m0/s1. The number of nitrogens with one attached hydrogen (secondary N) is 1. The summed E-state index contributed by atoms with van der Waals surface area (Å²) in [5, 5.41) is 3.74. The Kier molecular flexibility index (Phi) is 7.75. The van der Waals surface area contributed by atoms with Crippen LogP contribution in [-0.4, -0.2) is 67.7 Å². The Morgan fingerprint density at radius 2 is 1.79 bits per heavy atom. The molecule has 0 saturated carbocycles. The van der Waals surface area contributed by atoms with Crippen LogP contribution >= 0.6 is 11.6 Å². The van der Waals surface area contributed by atoms with E-state index in [0.29, 0.717) is 18.7 Å². The lowest BCUT2D eigenvalue weighted by molar-refractivity contribution is -0.139. The third-order valence-corrected chi connectivity index (χ3v) is 6.54. The SMILES string of the molecule is CCOC(=O)C1=C(CN2CCN(c3cccc(Cl)c3)CC2)N(CC)C(=O)N[C@H]1c1ccccc1. The van der Waals surface area contributed by atoms with Crippen LogP contribution in [0.3, 0.4) is 0 Å². The first kappa shape index (κ1) is 24.1. The lowest BCUT2D eigenvalue weighted by atomic mass is 9.94. The predicted molar refractivity (Wildman–Crippen MR) is 134 cm³/mol. The van der Waals surface area contributed by atoms with Crippen molar-refractivity contribution in [1.29, 1.82) is 0 Å². The number of halogens is 1. The molecular formula is C26H31ClN4O3. The highest BCUT2D eigenvalue weighted by Crippen LogP contribution is 2.32. The van der Waals surface area contributed by atoms with Crippen molar-refractivity contribution in [3.63, 3.8) is 0 Å². The van der Waals surface area contributed by atoms with E-state index in [1.165, 1.54) is 0 Å². The maximum absolute atomic E-state index is 13.2. The van der Waals surface area contributed by atoms with Crippen molar-refractivity contribution in [1.82, 2.24) is 15.1 Å². The van der Waals surface area contributed by atoms with Crippen molar-refractivity contribution in [2.75, 3.05) is 50.8 Å². The van der Waals surface area contributed by atoms with Gasteiger partial charge in [0.15, 0.2) is 0 Å². The Hall–Kier alpha value is -3.03. The molecule has 0 radical (unpaired) electrons. The quantitative estimate of drug-likeness (QED) is 0.603.